The van der Waals surface area contributed by atoms with Crippen LogP contribution in [0.1, 0.15) is 28.1 Å². The lowest BCUT2D eigenvalue weighted by atomic mass is 10.1. The Kier molecular flexibility index (Phi) is 4.85. The molecule has 0 radical (unpaired) electrons. The first-order valence-corrected chi connectivity index (χ1v) is 7.33. The molecule has 0 bridgehead atoms. The van der Waals surface area contributed by atoms with E-state index in [1.807, 2.05) is 27.9 Å². The Labute approximate surface area is 131 Å². The van der Waals surface area contributed by atoms with Gasteiger partial charge in [-0.1, -0.05) is 11.2 Å². The summed E-state index contributed by atoms with van der Waals surface area (Å²) >= 11 is 0. The lowest BCUT2D eigenvalue weighted by Crippen LogP contribution is -2.25. The molecule has 0 spiro atoms. The van der Waals surface area contributed by atoms with Crippen molar-refractivity contribution in [1.29, 1.82) is 0 Å². The Balaban J connectivity index is 1.97. The standard InChI is InChI=1S/C17H23N3O2/c1-11-8-15(20(4)5)7-6-14(11)10-18-17(21)9-16-12(2)19-22-13(16)3/h6-8H,9-10H2,1-5H3,(H,18,21). The van der Waals surface area contributed by atoms with Crippen LogP contribution in [0.2, 0.25) is 0 Å². The van der Waals surface area contributed by atoms with Gasteiger partial charge in [-0.25, -0.2) is 0 Å². The zero-order valence-electron chi connectivity index (χ0n) is 13.9. The van der Waals surface area contributed by atoms with Crippen molar-refractivity contribution in [3.05, 3.63) is 46.3 Å². The first-order chi connectivity index (χ1) is 10.4. The number of nitrogens with zero attached hydrogens (tertiary/aromatic N) is 2. The average Bonchev–Trinajstić information content (AvgIpc) is 2.77. The molecular formula is C17H23N3O2. The second-order valence-corrected chi connectivity index (χ2v) is 5.76. The Morgan fingerprint density at radius 1 is 1.27 bits per heavy atom. The smallest absolute Gasteiger partial charge is 0.224 e. The van der Waals surface area contributed by atoms with E-state index in [1.54, 1.807) is 0 Å². The highest BCUT2D eigenvalue weighted by Crippen LogP contribution is 2.17. The molecule has 1 N–H and O–H groups in total. The summed E-state index contributed by atoms with van der Waals surface area (Å²) in [6.07, 6.45) is 0.302. The maximum absolute atomic E-state index is 12.1. The number of anilines is 1. The predicted molar refractivity (Wildman–Crippen MR) is 87.0 cm³/mol. The lowest BCUT2D eigenvalue weighted by Gasteiger charge is -2.15. The Morgan fingerprint density at radius 3 is 2.55 bits per heavy atom. The Hall–Kier alpha value is -2.30. The normalized spacial score (nSPS) is 10.6. The summed E-state index contributed by atoms with van der Waals surface area (Å²) in [7, 11) is 4.03. The van der Waals surface area contributed by atoms with E-state index in [-0.39, 0.29) is 5.91 Å². The van der Waals surface area contributed by atoms with Crippen molar-refractivity contribution in [1.82, 2.24) is 10.5 Å². The highest BCUT2D eigenvalue weighted by atomic mass is 16.5. The second-order valence-electron chi connectivity index (χ2n) is 5.76. The van der Waals surface area contributed by atoms with Crippen molar-refractivity contribution in [3.8, 4) is 0 Å². The number of hydrogen-bond acceptors (Lipinski definition) is 4. The maximum atomic E-state index is 12.1. The van der Waals surface area contributed by atoms with E-state index in [4.69, 9.17) is 4.52 Å². The van der Waals surface area contributed by atoms with Gasteiger partial charge in [0.05, 0.1) is 12.1 Å². The van der Waals surface area contributed by atoms with Gasteiger partial charge in [0.1, 0.15) is 5.76 Å². The van der Waals surface area contributed by atoms with Gasteiger partial charge in [-0.3, -0.25) is 4.79 Å². The van der Waals surface area contributed by atoms with Gasteiger partial charge in [0.15, 0.2) is 0 Å². The summed E-state index contributed by atoms with van der Waals surface area (Å²) in [4.78, 5) is 14.1. The highest BCUT2D eigenvalue weighted by Gasteiger charge is 2.13. The van der Waals surface area contributed by atoms with Crippen LogP contribution in [-0.4, -0.2) is 25.2 Å². The van der Waals surface area contributed by atoms with Crippen LogP contribution in [0.5, 0.6) is 0 Å². The van der Waals surface area contributed by atoms with Crippen LogP contribution in [0.4, 0.5) is 5.69 Å². The number of aromatic nitrogens is 1. The minimum atomic E-state index is -0.0227. The molecule has 5 nitrogen and oxygen atoms in total. The largest absolute Gasteiger partial charge is 0.378 e. The monoisotopic (exact) mass is 301 g/mol. The third-order valence-electron chi connectivity index (χ3n) is 3.84. The maximum Gasteiger partial charge on any atom is 0.224 e. The molecule has 0 fully saturated rings. The molecule has 2 rings (SSSR count). The summed E-state index contributed by atoms with van der Waals surface area (Å²) in [5, 5.41) is 6.83. The molecule has 5 heteroatoms. The molecule has 0 aliphatic carbocycles. The molecule has 0 aliphatic heterocycles. The number of amides is 1. The lowest BCUT2D eigenvalue weighted by molar-refractivity contribution is -0.120. The van der Waals surface area contributed by atoms with Crippen LogP contribution in [-0.2, 0) is 17.8 Å². The van der Waals surface area contributed by atoms with Crippen LogP contribution in [0, 0.1) is 20.8 Å². The highest BCUT2D eigenvalue weighted by molar-refractivity contribution is 5.79. The van der Waals surface area contributed by atoms with Crippen molar-refractivity contribution in [2.75, 3.05) is 19.0 Å². The first-order valence-electron chi connectivity index (χ1n) is 7.33. The fraction of sp³-hybridized carbons (Fsp3) is 0.412. The molecule has 0 saturated carbocycles. The summed E-state index contributed by atoms with van der Waals surface area (Å²) in [6.45, 7) is 6.26. The van der Waals surface area contributed by atoms with E-state index in [9.17, 15) is 4.79 Å². The predicted octanol–water partition coefficient (Wildman–Crippen LogP) is 2.52. The van der Waals surface area contributed by atoms with Gasteiger partial charge in [-0.15, -0.1) is 0 Å². The first kappa shape index (κ1) is 16.1. The van der Waals surface area contributed by atoms with Crippen LogP contribution >= 0.6 is 0 Å². The minimum absolute atomic E-state index is 0.0227. The van der Waals surface area contributed by atoms with Crippen LogP contribution < -0.4 is 10.2 Å². The molecule has 0 unspecified atom stereocenters. The summed E-state index contributed by atoms with van der Waals surface area (Å²) in [6, 6.07) is 6.24. The number of carbonyl (C=O) groups excluding carboxylic acids is 1. The molecule has 0 aliphatic rings. The zero-order chi connectivity index (χ0) is 16.3. The third kappa shape index (κ3) is 3.67. The summed E-state index contributed by atoms with van der Waals surface area (Å²) in [5.41, 5.74) is 5.10. The molecule has 1 amide bonds. The zero-order valence-corrected chi connectivity index (χ0v) is 13.9. The fourth-order valence-corrected chi connectivity index (χ4v) is 2.33. The van der Waals surface area contributed by atoms with Gasteiger partial charge in [0, 0.05) is 31.9 Å². The molecule has 0 atom stereocenters. The number of nitrogens with one attached hydrogen (secondary N) is 1. The van der Waals surface area contributed by atoms with E-state index in [0.29, 0.717) is 18.7 Å². The van der Waals surface area contributed by atoms with E-state index >= 15 is 0 Å². The number of benzene rings is 1. The van der Waals surface area contributed by atoms with Gasteiger partial charge in [0.2, 0.25) is 5.91 Å². The van der Waals surface area contributed by atoms with E-state index in [0.717, 1.165) is 22.5 Å². The number of carbonyl (C=O) groups is 1. The van der Waals surface area contributed by atoms with Crippen LogP contribution in [0.3, 0.4) is 0 Å². The molecule has 2 aromatic rings. The van der Waals surface area contributed by atoms with Gasteiger partial charge >= 0.3 is 0 Å². The third-order valence-corrected chi connectivity index (χ3v) is 3.84. The van der Waals surface area contributed by atoms with Gasteiger partial charge in [-0.05, 0) is 44.0 Å². The molecule has 1 aromatic heterocycles. The van der Waals surface area contributed by atoms with Crippen LogP contribution in [0.15, 0.2) is 22.7 Å². The number of rotatable bonds is 5. The van der Waals surface area contributed by atoms with Crippen molar-refractivity contribution in [2.45, 2.75) is 33.7 Å². The molecular weight excluding hydrogens is 278 g/mol. The minimum Gasteiger partial charge on any atom is -0.378 e. The topological polar surface area (TPSA) is 58.4 Å². The van der Waals surface area contributed by atoms with Crippen molar-refractivity contribution in [2.24, 2.45) is 0 Å². The second kappa shape index (κ2) is 6.64. The molecule has 22 heavy (non-hydrogen) atoms. The van der Waals surface area contributed by atoms with E-state index in [2.05, 4.69) is 40.5 Å². The SMILES string of the molecule is Cc1cc(N(C)C)ccc1CNC(=O)Cc1c(C)noc1C. The van der Waals surface area contributed by atoms with Crippen molar-refractivity contribution < 1.29 is 9.32 Å². The summed E-state index contributed by atoms with van der Waals surface area (Å²) in [5.74, 6) is 0.685. The molecule has 1 heterocycles. The fourth-order valence-electron chi connectivity index (χ4n) is 2.33. The number of hydrogen-bond donors (Lipinski definition) is 1. The van der Waals surface area contributed by atoms with E-state index < -0.39 is 0 Å². The van der Waals surface area contributed by atoms with E-state index in [1.165, 1.54) is 5.56 Å². The molecule has 0 saturated heterocycles. The summed E-state index contributed by atoms with van der Waals surface area (Å²) < 4.78 is 5.08. The quantitative estimate of drug-likeness (QED) is 0.922. The van der Waals surface area contributed by atoms with Crippen molar-refractivity contribution in [3.63, 3.8) is 0 Å². The molecule has 118 valence electrons. The van der Waals surface area contributed by atoms with Gasteiger partial charge in [0.25, 0.3) is 0 Å². The van der Waals surface area contributed by atoms with Gasteiger partial charge < -0.3 is 14.7 Å². The Bertz CT molecular complexity index is 655. The average molecular weight is 301 g/mol. The van der Waals surface area contributed by atoms with Crippen LogP contribution in [0.25, 0.3) is 0 Å². The van der Waals surface area contributed by atoms with Gasteiger partial charge in [-0.2, -0.15) is 0 Å². The Morgan fingerprint density at radius 2 is 2.00 bits per heavy atom. The van der Waals surface area contributed by atoms with Crippen molar-refractivity contribution >= 4 is 11.6 Å². The molecule has 1 aromatic carbocycles. The number of aryl methyl sites for hydroxylation is 3.